The van der Waals surface area contributed by atoms with Crippen molar-refractivity contribution < 1.29 is 9.84 Å². The summed E-state index contributed by atoms with van der Waals surface area (Å²) in [4.78, 5) is 4.53. The Morgan fingerprint density at radius 1 is 1.35 bits per heavy atom. The molecule has 0 aromatic rings. The van der Waals surface area contributed by atoms with Gasteiger partial charge in [-0.05, 0) is 26.2 Å². The van der Waals surface area contributed by atoms with Crippen LogP contribution in [0.1, 0.15) is 39.0 Å². The van der Waals surface area contributed by atoms with Crippen molar-refractivity contribution in [3.05, 3.63) is 0 Å². The lowest BCUT2D eigenvalue weighted by Crippen LogP contribution is -2.41. The second-order valence-electron chi connectivity index (χ2n) is 5.74. The molecule has 0 aromatic heterocycles. The summed E-state index contributed by atoms with van der Waals surface area (Å²) in [6, 6.07) is 0. The monoisotopic (exact) mass is 397 g/mol. The van der Waals surface area contributed by atoms with Crippen LogP contribution in [0.4, 0.5) is 0 Å². The zero-order valence-corrected chi connectivity index (χ0v) is 14.7. The van der Waals surface area contributed by atoms with Crippen molar-refractivity contribution in [2.75, 3.05) is 32.8 Å². The van der Waals surface area contributed by atoms with E-state index in [2.05, 4.69) is 22.5 Å². The van der Waals surface area contributed by atoms with Gasteiger partial charge in [-0.15, -0.1) is 24.0 Å². The van der Waals surface area contributed by atoms with Gasteiger partial charge in [0.2, 0.25) is 0 Å². The Hall–Kier alpha value is -0.0800. The predicted molar refractivity (Wildman–Crippen MR) is 91.7 cm³/mol. The highest BCUT2D eigenvalue weighted by molar-refractivity contribution is 14.0. The molecular formula is C14H28IN3O2. The molecule has 0 bridgehead atoms. The molecule has 1 atom stereocenters. The van der Waals surface area contributed by atoms with Gasteiger partial charge >= 0.3 is 0 Å². The molecule has 1 saturated heterocycles. The van der Waals surface area contributed by atoms with Crippen LogP contribution in [0.3, 0.4) is 0 Å². The van der Waals surface area contributed by atoms with Gasteiger partial charge in [0.25, 0.3) is 0 Å². The largest absolute Gasteiger partial charge is 0.388 e. The standard InChI is InChI=1S/C14H27N3O2.HI/c1-2-15-13(16-9-12-5-8-19-10-12)17-11-14(18)6-3-4-7-14;/h12,18H,2-11H2,1H3,(H2,15,16,17);1H. The molecule has 2 fully saturated rings. The van der Waals surface area contributed by atoms with Crippen molar-refractivity contribution in [1.29, 1.82) is 0 Å². The maximum Gasteiger partial charge on any atom is 0.191 e. The minimum Gasteiger partial charge on any atom is -0.388 e. The Balaban J connectivity index is 0.00000200. The zero-order chi connectivity index (χ0) is 13.6. The predicted octanol–water partition coefficient (Wildman–Crippen LogP) is 1.50. The molecule has 20 heavy (non-hydrogen) atoms. The van der Waals surface area contributed by atoms with Gasteiger partial charge in [-0.3, -0.25) is 4.99 Å². The molecule has 6 heteroatoms. The molecule has 0 amide bonds. The average molecular weight is 397 g/mol. The van der Waals surface area contributed by atoms with E-state index in [1.807, 2.05) is 0 Å². The minimum atomic E-state index is -0.571. The summed E-state index contributed by atoms with van der Waals surface area (Å²) in [5.41, 5.74) is -0.571. The van der Waals surface area contributed by atoms with E-state index in [9.17, 15) is 5.11 Å². The topological polar surface area (TPSA) is 65.9 Å². The summed E-state index contributed by atoms with van der Waals surface area (Å²) in [5, 5.41) is 16.9. The van der Waals surface area contributed by atoms with Crippen LogP contribution in [0.2, 0.25) is 0 Å². The lowest BCUT2D eigenvalue weighted by Gasteiger charge is -2.21. The minimum absolute atomic E-state index is 0. The molecule has 1 unspecified atom stereocenters. The molecule has 1 saturated carbocycles. The fourth-order valence-corrected chi connectivity index (χ4v) is 2.74. The lowest BCUT2D eigenvalue weighted by atomic mass is 10.0. The number of aliphatic imine (C=N–C) groups is 1. The third kappa shape index (κ3) is 5.73. The van der Waals surface area contributed by atoms with E-state index in [-0.39, 0.29) is 24.0 Å². The summed E-state index contributed by atoms with van der Waals surface area (Å²) >= 11 is 0. The third-order valence-electron chi connectivity index (χ3n) is 3.99. The summed E-state index contributed by atoms with van der Waals surface area (Å²) in [7, 11) is 0. The summed E-state index contributed by atoms with van der Waals surface area (Å²) in [6.45, 7) is 6.01. The molecule has 2 rings (SSSR count). The highest BCUT2D eigenvalue weighted by atomic mass is 127. The molecule has 0 spiro atoms. The number of halogens is 1. The average Bonchev–Trinajstić information content (AvgIpc) is 3.05. The molecule has 2 aliphatic rings. The summed E-state index contributed by atoms with van der Waals surface area (Å²) in [6.07, 6.45) is 5.12. The first-order valence-electron chi connectivity index (χ1n) is 7.54. The molecule has 1 heterocycles. The van der Waals surface area contributed by atoms with E-state index >= 15 is 0 Å². The fraction of sp³-hybridized carbons (Fsp3) is 0.929. The number of ether oxygens (including phenoxy) is 1. The molecule has 3 N–H and O–H groups in total. The van der Waals surface area contributed by atoms with Crippen molar-refractivity contribution in [2.24, 2.45) is 10.9 Å². The third-order valence-corrected chi connectivity index (χ3v) is 3.99. The normalized spacial score (nSPS) is 25.3. The SMILES string of the molecule is CCNC(=NCC1(O)CCCC1)NCC1CCOC1.I. The maximum absolute atomic E-state index is 10.3. The van der Waals surface area contributed by atoms with E-state index in [4.69, 9.17) is 4.74 Å². The van der Waals surface area contributed by atoms with Gasteiger partial charge in [-0.25, -0.2) is 0 Å². The Labute approximate surface area is 139 Å². The van der Waals surface area contributed by atoms with Crippen molar-refractivity contribution in [3.63, 3.8) is 0 Å². The van der Waals surface area contributed by atoms with Crippen LogP contribution in [-0.4, -0.2) is 49.5 Å². The van der Waals surface area contributed by atoms with E-state index in [0.717, 1.165) is 64.4 Å². The summed E-state index contributed by atoms with van der Waals surface area (Å²) < 4.78 is 5.37. The van der Waals surface area contributed by atoms with Crippen LogP contribution in [0, 0.1) is 5.92 Å². The summed E-state index contributed by atoms with van der Waals surface area (Å²) in [5.74, 6) is 1.40. The van der Waals surface area contributed by atoms with Gasteiger partial charge in [-0.2, -0.15) is 0 Å². The molecular weight excluding hydrogens is 369 g/mol. The lowest BCUT2D eigenvalue weighted by molar-refractivity contribution is 0.0574. The quantitative estimate of drug-likeness (QED) is 0.374. The van der Waals surface area contributed by atoms with Crippen LogP contribution in [-0.2, 0) is 4.74 Å². The van der Waals surface area contributed by atoms with E-state index < -0.39 is 5.60 Å². The van der Waals surface area contributed by atoms with E-state index in [0.29, 0.717) is 12.5 Å². The highest BCUT2D eigenvalue weighted by Gasteiger charge is 2.30. The first-order chi connectivity index (χ1) is 9.22. The number of aliphatic hydroxyl groups is 1. The number of nitrogens with zero attached hydrogens (tertiary/aromatic N) is 1. The van der Waals surface area contributed by atoms with Gasteiger partial charge in [0.1, 0.15) is 0 Å². The molecule has 118 valence electrons. The molecule has 0 aromatic carbocycles. The van der Waals surface area contributed by atoms with Crippen LogP contribution in [0.5, 0.6) is 0 Å². The van der Waals surface area contributed by atoms with E-state index in [1.165, 1.54) is 0 Å². The van der Waals surface area contributed by atoms with Crippen LogP contribution < -0.4 is 10.6 Å². The van der Waals surface area contributed by atoms with Gasteiger partial charge in [-0.1, -0.05) is 12.8 Å². The van der Waals surface area contributed by atoms with Crippen molar-refractivity contribution in [1.82, 2.24) is 10.6 Å². The van der Waals surface area contributed by atoms with Crippen molar-refractivity contribution >= 4 is 29.9 Å². The molecule has 0 radical (unpaired) electrons. The zero-order valence-electron chi connectivity index (χ0n) is 12.4. The fourth-order valence-electron chi connectivity index (χ4n) is 2.74. The Bertz CT molecular complexity index is 301. The first kappa shape index (κ1) is 18.0. The first-order valence-corrected chi connectivity index (χ1v) is 7.54. The number of nitrogens with one attached hydrogen (secondary N) is 2. The van der Waals surface area contributed by atoms with Gasteiger partial charge in [0, 0.05) is 25.6 Å². The van der Waals surface area contributed by atoms with Crippen LogP contribution >= 0.6 is 24.0 Å². The smallest absolute Gasteiger partial charge is 0.191 e. The molecule has 5 nitrogen and oxygen atoms in total. The second-order valence-corrected chi connectivity index (χ2v) is 5.74. The molecule has 1 aliphatic heterocycles. The number of guanidine groups is 1. The van der Waals surface area contributed by atoms with Crippen molar-refractivity contribution in [2.45, 2.75) is 44.6 Å². The Morgan fingerprint density at radius 2 is 2.10 bits per heavy atom. The molecule has 1 aliphatic carbocycles. The van der Waals surface area contributed by atoms with Crippen molar-refractivity contribution in [3.8, 4) is 0 Å². The van der Waals surface area contributed by atoms with Gasteiger partial charge in [0.05, 0.1) is 18.8 Å². The number of hydrogen-bond acceptors (Lipinski definition) is 3. The second kappa shape index (κ2) is 9.04. The number of rotatable bonds is 5. The van der Waals surface area contributed by atoms with Crippen LogP contribution in [0.15, 0.2) is 4.99 Å². The Kier molecular flexibility index (Phi) is 8.13. The van der Waals surface area contributed by atoms with Crippen LogP contribution in [0.25, 0.3) is 0 Å². The van der Waals surface area contributed by atoms with Gasteiger partial charge in [0.15, 0.2) is 5.96 Å². The van der Waals surface area contributed by atoms with E-state index in [1.54, 1.807) is 0 Å². The maximum atomic E-state index is 10.3. The number of hydrogen-bond donors (Lipinski definition) is 3. The van der Waals surface area contributed by atoms with Gasteiger partial charge < -0.3 is 20.5 Å². The Morgan fingerprint density at radius 3 is 2.70 bits per heavy atom. The highest BCUT2D eigenvalue weighted by Crippen LogP contribution is 2.29.